The number of nitrogens with one attached hydrogen (secondary N) is 2. The van der Waals surface area contributed by atoms with Crippen molar-refractivity contribution in [3.05, 3.63) is 33.8 Å². The van der Waals surface area contributed by atoms with Crippen LogP contribution in [0.15, 0.2) is 18.2 Å². The molecule has 0 aliphatic heterocycles. The van der Waals surface area contributed by atoms with Gasteiger partial charge in [-0.3, -0.25) is 0 Å². The van der Waals surface area contributed by atoms with E-state index in [0.717, 1.165) is 5.56 Å². The molecule has 0 spiro atoms. The lowest BCUT2D eigenvalue weighted by Gasteiger charge is -2.14. The van der Waals surface area contributed by atoms with E-state index in [1.54, 1.807) is 18.2 Å². The third-order valence-electron chi connectivity index (χ3n) is 2.62. The molecule has 0 saturated heterocycles. The van der Waals surface area contributed by atoms with Crippen molar-refractivity contribution in [1.82, 2.24) is 10.6 Å². The molecule has 5 nitrogen and oxygen atoms in total. The van der Waals surface area contributed by atoms with Crippen molar-refractivity contribution in [2.75, 3.05) is 0 Å². The van der Waals surface area contributed by atoms with Gasteiger partial charge in [0.2, 0.25) is 0 Å². The van der Waals surface area contributed by atoms with Gasteiger partial charge in [-0.15, -0.1) is 0 Å². The highest BCUT2D eigenvalue weighted by molar-refractivity contribution is 6.42. The van der Waals surface area contributed by atoms with Crippen LogP contribution in [-0.2, 0) is 11.3 Å². The van der Waals surface area contributed by atoms with Gasteiger partial charge in [0, 0.05) is 6.54 Å². The Morgan fingerprint density at radius 1 is 1.30 bits per heavy atom. The topological polar surface area (TPSA) is 78.4 Å². The first kappa shape index (κ1) is 16.6. The normalized spacial score (nSPS) is 11.8. The third kappa shape index (κ3) is 5.27. The number of carboxylic acids is 1. The molecule has 0 saturated carbocycles. The van der Waals surface area contributed by atoms with Crippen molar-refractivity contribution in [3.63, 3.8) is 0 Å². The number of carbonyl (C=O) groups excluding carboxylic acids is 1. The van der Waals surface area contributed by atoms with Crippen LogP contribution >= 0.6 is 23.2 Å². The Kier molecular flexibility index (Phi) is 6.61. The number of carbonyl (C=O) groups is 2. The van der Waals surface area contributed by atoms with Crippen LogP contribution in [0.4, 0.5) is 4.79 Å². The molecule has 110 valence electrons. The zero-order valence-corrected chi connectivity index (χ0v) is 12.5. The van der Waals surface area contributed by atoms with E-state index in [4.69, 9.17) is 28.3 Å². The molecule has 0 aliphatic carbocycles. The monoisotopic (exact) mass is 318 g/mol. The molecule has 0 fully saturated rings. The number of amides is 2. The summed E-state index contributed by atoms with van der Waals surface area (Å²) in [5, 5.41) is 14.8. The average molecular weight is 319 g/mol. The van der Waals surface area contributed by atoms with Crippen LogP contribution in [0.2, 0.25) is 10.0 Å². The van der Waals surface area contributed by atoms with Gasteiger partial charge in [-0.05, 0) is 24.1 Å². The highest BCUT2D eigenvalue weighted by Gasteiger charge is 2.18. The minimum atomic E-state index is -1.04. The fourth-order valence-electron chi connectivity index (χ4n) is 1.59. The van der Waals surface area contributed by atoms with Gasteiger partial charge in [-0.1, -0.05) is 42.6 Å². The van der Waals surface area contributed by atoms with Crippen LogP contribution < -0.4 is 10.6 Å². The lowest BCUT2D eigenvalue weighted by molar-refractivity contribution is -0.139. The Morgan fingerprint density at radius 3 is 2.55 bits per heavy atom. The molecule has 0 aliphatic rings. The smallest absolute Gasteiger partial charge is 0.326 e. The van der Waals surface area contributed by atoms with Gasteiger partial charge in [0.1, 0.15) is 6.04 Å². The first-order chi connectivity index (χ1) is 9.43. The van der Waals surface area contributed by atoms with Crippen molar-refractivity contribution in [2.24, 2.45) is 0 Å². The molecule has 0 aromatic heterocycles. The molecule has 1 unspecified atom stereocenters. The highest BCUT2D eigenvalue weighted by atomic mass is 35.5. The minimum absolute atomic E-state index is 0.237. The maximum atomic E-state index is 11.6. The number of urea groups is 1. The van der Waals surface area contributed by atoms with Crippen LogP contribution in [0.1, 0.15) is 25.3 Å². The molecule has 1 atom stereocenters. The molecular formula is C13H16Cl2N2O3. The lowest BCUT2D eigenvalue weighted by atomic mass is 10.2. The number of hydrogen-bond acceptors (Lipinski definition) is 2. The number of rotatable bonds is 6. The SMILES string of the molecule is CCCC(NC(=O)NCc1ccc(Cl)c(Cl)c1)C(=O)O. The van der Waals surface area contributed by atoms with Crippen molar-refractivity contribution < 1.29 is 14.7 Å². The second-order valence-corrected chi connectivity index (χ2v) is 5.07. The Labute approximate surface area is 127 Å². The summed E-state index contributed by atoms with van der Waals surface area (Å²) in [6, 6.07) is 3.60. The van der Waals surface area contributed by atoms with E-state index >= 15 is 0 Å². The Balaban J connectivity index is 2.50. The molecule has 1 aromatic carbocycles. The third-order valence-corrected chi connectivity index (χ3v) is 3.36. The van der Waals surface area contributed by atoms with Gasteiger partial charge in [-0.2, -0.15) is 0 Å². The highest BCUT2D eigenvalue weighted by Crippen LogP contribution is 2.22. The number of hydrogen-bond donors (Lipinski definition) is 3. The van der Waals surface area contributed by atoms with Gasteiger partial charge in [0.25, 0.3) is 0 Å². The molecule has 0 bridgehead atoms. The zero-order valence-electron chi connectivity index (χ0n) is 11.0. The fourth-order valence-corrected chi connectivity index (χ4v) is 1.91. The summed E-state index contributed by atoms with van der Waals surface area (Å²) < 4.78 is 0. The number of benzene rings is 1. The number of halogens is 2. The van der Waals surface area contributed by atoms with Gasteiger partial charge in [0.15, 0.2) is 0 Å². The van der Waals surface area contributed by atoms with E-state index in [1.165, 1.54) is 0 Å². The summed E-state index contributed by atoms with van der Waals surface area (Å²) in [6.45, 7) is 2.09. The maximum Gasteiger partial charge on any atom is 0.326 e. The molecule has 0 radical (unpaired) electrons. The second kappa shape index (κ2) is 7.97. The number of aliphatic carboxylic acids is 1. The summed E-state index contributed by atoms with van der Waals surface area (Å²) in [5.74, 6) is -1.04. The second-order valence-electron chi connectivity index (χ2n) is 4.25. The van der Waals surface area contributed by atoms with E-state index in [0.29, 0.717) is 22.9 Å². The van der Waals surface area contributed by atoms with Gasteiger partial charge >= 0.3 is 12.0 Å². The fraction of sp³-hybridized carbons (Fsp3) is 0.385. The molecule has 3 N–H and O–H groups in total. The Morgan fingerprint density at radius 2 is 2.00 bits per heavy atom. The Bertz CT molecular complexity index is 495. The van der Waals surface area contributed by atoms with Crippen LogP contribution in [0, 0.1) is 0 Å². The molecule has 20 heavy (non-hydrogen) atoms. The summed E-state index contributed by atoms with van der Waals surface area (Å²) >= 11 is 11.6. The van der Waals surface area contributed by atoms with Gasteiger partial charge in [0.05, 0.1) is 10.0 Å². The van der Waals surface area contributed by atoms with E-state index in [2.05, 4.69) is 10.6 Å². The van der Waals surface area contributed by atoms with Crippen molar-refractivity contribution in [3.8, 4) is 0 Å². The van der Waals surface area contributed by atoms with Crippen LogP contribution in [-0.4, -0.2) is 23.1 Å². The van der Waals surface area contributed by atoms with E-state index in [9.17, 15) is 9.59 Å². The van der Waals surface area contributed by atoms with Crippen molar-refractivity contribution in [1.29, 1.82) is 0 Å². The van der Waals surface area contributed by atoms with Crippen LogP contribution in [0.3, 0.4) is 0 Å². The standard InChI is InChI=1S/C13H16Cl2N2O3/c1-2-3-11(12(18)19)17-13(20)16-7-8-4-5-9(14)10(15)6-8/h4-6,11H,2-3,7H2,1H3,(H,18,19)(H2,16,17,20). The van der Waals surface area contributed by atoms with E-state index in [-0.39, 0.29) is 6.54 Å². The molecular weight excluding hydrogens is 303 g/mol. The average Bonchev–Trinajstić information content (AvgIpc) is 2.39. The predicted octanol–water partition coefficient (Wildman–Crippen LogP) is 3.05. The van der Waals surface area contributed by atoms with Crippen LogP contribution in [0.5, 0.6) is 0 Å². The largest absolute Gasteiger partial charge is 0.480 e. The number of carboxylic acid groups (broad SMARTS) is 1. The molecule has 0 heterocycles. The summed E-state index contributed by atoms with van der Waals surface area (Å²) in [7, 11) is 0. The summed E-state index contributed by atoms with van der Waals surface area (Å²) in [6.07, 6.45) is 1.06. The predicted molar refractivity (Wildman–Crippen MR) is 78.2 cm³/mol. The minimum Gasteiger partial charge on any atom is -0.480 e. The quantitative estimate of drug-likeness (QED) is 0.754. The molecule has 7 heteroatoms. The summed E-state index contributed by atoms with van der Waals surface area (Å²) in [4.78, 5) is 22.5. The zero-order chi connectivity index (χ0) is 15.1. The van der Waals surface area contributed by atoms with Crippen molar-refractivity contribution >= 4 is 35.2 Å². The lowest BCUT2D eigenvalue weighted by Crippen LogP contribution is -2.45. The first-order valence-corrected chi connectivity index (χ1v) is 6.90. The first-order valence-electron chi connectivity index (χ1n) is 6.15. The van der Waals surface area contributed by atoms with Crippen LogP contribution in [0.25, 0.3) is 0 Å². The van der Waals surface area contributed by atoms with Gasteiger partial charge in [-0.25, -0.2) is 9.59 Å². The maximum absolute atomic E-state index is 11.6. The van der Waals surface area contributed by atoms with E-state index in [1.807, 2.05) is 6.92 Å². The molecule has 1 aromatic rings. The van der Waals surface area contributed by atoms with Crippen molar-refractivity contribution in [2.45, 2.75) is 32.4 Å². The summed E-state index contributed by atoms with van der Waals surface area (Å²) in [5.41, 5.74) is 0.775. The van der Waals surface area contributed by atoms with E-state index < -0.39 is 18.0 Å². The molecule has 2 amide bonds. The molecule has 1 rings (SSSR count). The van der Waals surface area contributed by atoms with Gasteiger partial charge < -0.3 is 15.7 Å². The Hall–Kier alpha value is -1.46.